The van der Waals surface area contributed by atoms with Gasteiger partial charge in [-0.25, -0.2) is 9.78 Å². The van der Waals surface area contributed by atoms with Gasteiger partial charge < -0.3 is 19.9 Å². The van der Waals surface area contributed by atoms with Crippen LogP contribution in [0.2, 0.25) is 10.0 Å². The quantitative estimate of drug-likeness (QED) is 0.421. The van der Waals surface area contributed by atoms with Crippen molar-refractivity contribution >= 4 is 35.1 Å². The Morgan fingerprint density at radius 3 is 1.97 bits per heavy atom. The zero-order valence-electron chi connectivity index (χ0n) is 18.8. The summed E-state index contributed by atoms with van der Waals surface area (Å²) in [5.41, 5.74) is 1.54. The topological polar surface area (TPSA) is 97.8 Å². The molecule has 3 rings (SSSR count). The summed E-state index contributed by atoms with van der Waals surface area (Å²) < 4.78 is 10.7. The van der Waals surface area contributed by atoms with Crippen LogP contribution in [-0.4, -0.2) is 41.2 Å². The standard InChI is InChI=1S/C25H24Cl2N2O5/c1-14(29-24(31)22-23(30)20(33-3)12-13-28-22)25(32)34-15(2)21(16-4-8-18(26)9-5-16)17-6-10-19(27)11-7-17/h4-15,21,30H,1-3H3,(H,29,31)/t14-,15-/m0/s1. The van der Waals surface area contributed by atoms with Gasteiger partial charge in [-0.3, -0.25) is 4.79 Å². The molecule has 0 aliphatic rings. The highest BCUT2D eigenvalue weighted by Gasteiger charge is 2.28. The van der Waals surface area contributed by atoms with Gasteiger partial charge in [0.2, 0.25) is 0 Å². The van der Waals surface area contributed by atoms with E-state index in [1.165, 1.54) is 26.3 Å². The zero-order valence-corrected chi connectivity index (χ0v) is 20.3. The molecule has 0 bridgehead atoms. The van der Waals surface area contributed by atoms with E-state index in [0.717, 1.165) is 11.1 Å². The molecule has 0 saturated heterocycles. The van der Waals surface area contributed by atoms with Gasteiger partial charge >= 0.3 is 5.97 Å². The van der Waals surface area contributed by atoms with Crippen molar-refractivity contribution in [1.82, 2.24) is 10.3 Å². The van der Waals surface area contributed by atoms with Gasteiger partial charge in [0.1, 0.15) is 12.1 Å². The van der Waals surface area contributed by atoms with E-state index in [2.05, 4.69) is 10.3 Å². The fraction of sp³-hybridized carbons (Fsp3) is 0.240. The number of benzene rings is 2. The fourth-order valence-electron chi connectivity index (χ4n) is 3.52. The van der Waals surface area contributed by atoms with Crippen molar-refractivity contribution < 1.29 is 24.2 Å². The van der Waals surface area contributed by atoms with Crippen molar-refractivity contribution in [2.24, 2.45) is 0 Å². The summed E-state index contributed by atoms with van der Waals surface area (Å²) in [6.45, 7) is 3.26. The number of hydrogen-bond acceptors (Lipinski definition) is 6. The molecule has 1 heterocycles. The van der Waals surface area contributed by atoms with Gasteiger partial charge in [-0.2, -0.15) is 0 Å². The molecule has 0 unspecified atom stereocenters. The van der Waals surface area contributed by atoms with E-state index >= 15 is 0 Å². The molecule has 0 aliphatic heterocycles. The summed E-state index contributed by atoms with van der Waals surface area (Å²) in [6, 6.07) is 15.0. The molecular weight excluding hydrogens is 479 g/mol. The van der Waals surface area contributed by atoms with Crippen LogP contribution in [0, 0.1) is 0 Å². The number of nitrogens with one attached hydrogen (secondary N) is 1. The molecule has 2 aromatic carbocycles. The number of rotatable bonds is 8. The first-order valence-electron chi connectivity index (χ1n) is 10.5. The Morgan fingerprint density at radius 2 is 1.47 bits per heavy atom. The van der Waals surface area contributed by atoms with Gasteiger partial charge in [-0.15, -0.1) is 0 Å². The molecule has 2 atom stereocenters. The number of methoxy groups -OCH3 is 1. The number of hydrogen-bond donors (Lipinski definition) is 2. The highest BCUT2D eigenvalue weighted by atomic mass is 35.5. The Balaban J connectivity index is 1.76. The largest absolute Gasteiger partial charge is 0.503 e. The molecule has 0 spiro atoms. The smallest absolute Gasteiger partial charge is 0.328 e. The molecule has 178 valence electrons. The summed E-state index contributed by atoms with van der Waals surface area (Å²) in [7, 11) is 1.36. The highest BCUT2D eigenvalue weighted by Crippen LogP contribution is 2.32. The van der Waals surface area contributed by atoms with Crippen molar-refractivity contribution in [1.29, 1.82) is 0 Å². The number of amides is 1. The second-order valence-corrected chi connectivity index (χ2v) is 8.50. The van der Waals surface area contributed by atoms with Crippen molar-refractivity contribution in [3.05, 3.63) is 87.7 Å². The minimum absolute atomic E-state index is 0.0952. The van der Waals surface area contributed by atoms with Crippen molar-refractivity contribution in [3.8, 4) is 11.5 Å². The number of halogens is 2. The third kappa shape index (κ3) is 5.98. The molecule has 0 saturated carbocycles. The molecule has 3 aromatic rings. The molecule has 9 heteroatoms. The van der Waals surface area contributed by atoms with Crippen molar-refractivity contribution in [2.75, 3.05) is 7.11 Å². The van der Waals surface area contributed by atoms with Crippen LogP contribution >= 0.6 is 23.2 Å². The van der Waals surface area contributed by atoms with E-state index in [0.29, 0.717) is 10.0 Å². The predicted molar refractivity (Wildman–Crippen MR) is 130 cm³/mol. The summed E-state index contributed by atoms with van der Waals surface area (Å²) in [5, 5.41) is 13.8. The third-order valence-corrected chi connectivity index (χ3v) is 5.76. The highest BCUT2D eigenvalue weighted by molar-refractivity contribution is 6.30. The van der Waals surface area contributed by atoms with E-state index in [-0.39, 0.29) is 17.4 Å². The summed E-state index contributed by atoms with van der Waals surface area (Å²) in [6.07, 6.45) is 0.735. The molecule has 1 aromatic heterocycles. The number of carbonyl (C=O) groups is 2. The predicted octanol–water partition coefficient (Wildman–Crippen LogP) is 4.98. The van der Waals surface area contributed by atoms with Gasteiger partial charge in [0.05, 0.1) is 7.11 Å². The van der Waals surface area contributed by atoms with Gasteiger partial charge in [-0.1, -0.05) is 47.5 Å². The van der Waals surface area contributed by atoms with Crippen LogP contribution in [0.15, 0.2) is 60.8 Å². The van der Waals surface area contributed by atoms with Crippen LogP contribution in [0.4, 0.5) is 0 Å². The van der Waals surface area contributed by atoms with Crippen LogP contribution in [0.5, 0.6) is 11.5 Å². The van der Waals surface area contributed by atoms with Crippen LogP contribution < -0.4 is 10.1 Å². The molecular formula is C25H24Cl2N2O5. The Bertz CT molecular complexity index is 1110. The van der Waals surface area contributed by atoms with Crippen molar-refractivity contribution in [3.63, 3.8) is 0 Å². The summed E-state index contributed by atoms with van der Waals surface area (Å²) in [4.78, 5) is 29.2. The van der Waals surface area contributed by atoms with Crippen LogP contribution in [-0.2, 0) is 9.53 Å². The minimum atomic E-state index is -1.00. The lowest BCUT2D eigenvalue weighted by Gasteiger charge is -2.26. The lowest BCUT2D eigenvalue weighted by Crippen LogP contribution is -2.41. The van der Waals surface area contributed by atoms with Crippen LogP contribution in [0.1, 0.15) is 41.4 Å². The number of aromatic hydroxyl groups is 1. The Kier molecular flexibility index (Phi) is 8.36. The van der Waals surface area contributed by atoms with Gasteiger partial charge in [-0.05, 0) is 49.2 Å². The number of esters is 1. The van der Waals surface area contributed by atoms with E-state index in [4.69, 9.17) is 32.7 Å². The van der Waals surface area contributed by atoms with Gasteiger partial charge in [0.15, 0.2) is 17.2 Å². The second kappa shape index (κ2) is 11.2. The molecule has 0 aliphatic carbocycles. The SMILES string of the molecule is COc1ccnc(C(=O)N[C@@H](C)C(=O)O[C@@H](C)C(c2ccc(Cl)cc2)c2ccc(Cl)cc2)c1O. The Hall–Kier alpha value is -3.29. The van der Waals surface area contributed by atoms with Crippen LogP contribution in [0.25, 0.3) is 0 Å². The maximum absolute atomic E-state index is 12.8. The first kappa shape index (κ1) is 25.3. The van der Waals surface area contributed by atoms with E-state index in [1.807, 2.05) is 24.3 Å². The Labute approximate surface area is 207 Å². The lowest BCUT2D eigenvalue weighted by molar-refractivity contribution is -0.150. The van der Waals surface area contributed by atoms with E-state index in [1.54, 1.807) is 31.2 Å². The normalized spacial score (nSPS) is 12.6. The molecule has 2 N–H and O–H groups in total. The molecule has 0 fully saturated rings. The first-order valence-corrected chi connectivity index (χ1v) is 11.2. The average molecular weight is 503 g/mol. The monoisotopic (exact) mass is 502 g/mol. The van der Waals surface area contributed by atoms with Crippen LogP contribution in [0.3, 0.4) is 0 Å². The minimum Gasteiger partial charge on any atom is -0.503 e. The Morgan fingerprint density at radius 1 is 0.941 bits per heavy atom. The average Bonchev–Trinajstić information content (AvgIpc) is 2.81. The maximum atomic E-state index is 12.8. The fourth-order valence-corrected chi connectivity index (χ4v) is 3.77. The number of ether oxygens (including phenoxy) is 2. The molecule has 1 amide bonds. The number of aromatic nitrogens is 1. The molecule has 7 nitrogen and oxygen atoms in total. The lowest BCUT2D eigenvalue weighted by atomic mass is 9.87. The third-order valence-electron chi connectivity index (χ3n) is 5.25. The van der Waals surface area contributed by atoms with Crippen molar-refractivity contribution in [2.45, 2.75) is 31.9 Å². The number of carbonyl (C=O) groups excluding carboxylic acids is 2. The second-order valence-electron chi connectivity index (χ2n) is 7.63. The summed E-state index contributed by atoms with van der Waals surface area (Å²) in [5.74, 6) is -2.00. The maximum Gasteiger partial charge on any atom is 0.328 e. The summed E-state index contributed by atoms with van der Waals surface area (Å²) >= 11 is 12.1. The molecule has 34 heavy (non-hydrogen) atoms. The van der Waals surface area contributed by atoms with E-state index in [9.17, 15) is 14.7 Å². The van der Waals surface area contributed by atoms with E-state index < -0.39 is 29.8 Å². The van der Waals surface area contributed by atoms with Gasteiger partial charge in [0, 0.05) is 28.2 Å². The zero-order chi connectivity index (χ0) is 24.8. The van der Waals surface area contributed by atoms with Gasteiger partial charge in [0.25, 0.3) is 5.91 Å². The number of pyridine rings is 1. The molecule has 0 radical (unpaired) electrons. The first-order chi connectivity index (χ1) is 16.2. The number of nitrogens with zero attached hydrogens (tertiary/aromatic N) is 1.